The molecule has 1 amide bonds. The summed E-state index contributed by atoms with van der Waals surface area (Å²) in [6, 6.07) is 12.8. The van der Waals surface area contributed by atoms with Crippen LogP contribution < -0.4 is 10.5 Å². The molecular weight excluding hydrogens is 418 g/mol. The van der Waals surface area contributed by atoms with Gasteiger partial charge in [-0.05, 0) is 62.1 Å². The van der Waals surface area contributed by atoms with Crippen molar-refractivity contribution >= 4 is 38.5 Å². The molecule has 0 fully saturated rings. The highest BCUT2D eigenvalue weighted by molar-refractivity contribution is 7.89. The minimum absolute atomic E-state index is 0.0663. The topological polar surface area (TPSA) is 128 Å². The predicted octanol–water partition coefficient (Wildman–Crippen LogP) is 2.55. The molecule has 1 heterocycles. The zero-order valence-corrected chi connectivity index (χ0v) is 17.6. The third kappa shape index (κ3) is 4.28. The molecule has 0 bridgehead atoms. The van der Waals surface area contributed by atoms with E-state index < -0.39 is 28.0 Å². The van der Waals surface area contributed by atoms with E-state index in [4.69, 9.17) is 9.88 Å². The highest BCUT2D eigenvalue weighted by Gasteiger charge is 2.27. The van der Waals surface area contributed by atoms with Crippen LogP contribution in [0.2, 0.25) is 0 Å². The molecule has 0 radical (unpaired) electrons. The Kier molecular flexibility index (Phi) is 5.47. The van der Waals surface area contributed by atoms with Crippen LogP contribution in [0.4, 0.5) is 5.69 Å². The lowest BCUT2D eigenvalue weighted by atomic mass is 10.0. The summed E-state index contributed by atoms with van der Waals surface area (Å²) in [6.45, 7) is 1.48. The fourth-order valence-electron chi connectivity index (χ4n) is 3.69. The van der Waals surface area contributed by atoms with Gasteiger partial charge in [-0.2, -0.15) is 0 Å². The van der Waals surface area contributed by atoms with Crippen LogP contribution in [0.3, 0.4) is 0 Å². The summed E-state index contributed by atoms with van der Waals surface area (Å²) in [6.07, 6.45) is 1.41. The number of carbonyl (C=O) groups excluding carboxylic acids is 2. The first kappa shape index (κ1) is 21.0. The molecule has 1 aromatic heterocycles. The fourth-order valence-corrected chi connectivity index (χ4v) is 4.20. The first-order valence-electron chi connectivity index (χ1n) is 9.79. The van der Waals surface area contributed by atoms with Gasteiger partial charge in [-0.3, -0.25) is 9.78 Å². The molecule has 0 saturated heterocycles. The van der Waals surface area contributed by atoms with E-state index in [2.05, 4.69) is 10.3 Å². The minimum atomic E-state index is -3.82. The maximum Gasteiger partial charge on any atom is 0.339 e. The van der Waals surface area contributed by atoms with E-state index in [1.54, 1.807) is 0 Å². The Balaban J connectivity index is 1.52. The molecule has 8 nitrogen and oxygen atoms in total. The second kappa shape index (κ2) is 8.09. The summed E-state index contributed by atoms with van der Waals surface area (Å²) in [4.78, 5) is 30.1. The number of rotatable bonds is 5. The Morgan fingerprint density at radius 3 is 2.52 bits per heavy atom. The minimum Gasteiger partial charge on any atom is -0.449 e. The summed E-state index contributed by atoms with van der Waals surface area (Å²) in [7, 11) is -3.82. The quantitative estimate of drug-likeness (QED) is 0.588. The van der Waals surface area contributed by atoms with Gasteiger partial charge in [0.25, 0.3) is 5.91 Å². The van der Waals surface area contributed by atoms with Crippen molar-refractivity contribution in [3.63, 3.8) is 0 Å². The number of hydrogen-bond acceptors (Lipinski definition) is 6. The lowest BCUT2D eigenvalue weighted by Gasteiger charge is -2.16. The van der Waals surface area contributed by atoms with Crippen LogP contribution in [0.25, 0.3) is 10.9 Å². The van der Waals surface area contributed by atoms with Crippen LogP contribution in [0, 0.1) is 0 Å². The number of hydrogen-bond donors (Lipinski definition) is 2. The highest BCUT2D eigenvalue weighted by atomic mass is 32.2. The van der Waals surface area contributed by atoms with Gasteiger partial charge in [0.1, 0.15) is 0 Å². The smallest absolute Gasteiger partial charge is 0.339 e. The number of sulfonamides is 1. The molecule has 160 valence electrons. The molecule has 0 saturated carbocycles. The number of ether oxygens (including phenoxy) is 1. The monoisotopic (exact) mass is 439 g/mol. The summed E-state index contributed by atoms with van der Waals surface area (Å²) in [5.74, 6) is -1.10. The van der Waals surface area contributed by atoms with Crippen molar-refractivity contribution in [3.05, 3.63) is 65.4 Å². The van der Waals surface area contributed by atoms with Gasteiger partial charge in [0.15, 0.2) is 6.10 Å². The molecular formula is C22H21N3O5S. The number of primary sulfonamides is 1. The van der Waals surface area contributed by atoms with E-state index in [1.807, 2.05) is 24.3 Å². The van der Waals surface area contributed by atoms with Gasteiger partial charge < -0.3 is 10.1 Å². The first-order chi connectivity index (χ1) is 14.7. The van der Waals surface area contributed by atoms with Gasteiger partial charge in [0.2, 0.25) is 10.0 Å². The number of esters is 1. The standard InChI is InChI=1S/C22H21N3O5S/c1-13(21(26)24-14-9-11-15(12-10-14)31(23,28)29)30-22(27)20-16-5-2-3-7-18(16)25-19-8-4-6-17(19)20/h2-3,5,7,9-13H,4,6,8H2,1H3,(H,24,26)(H2,23,28,29). The molecule has 2 aromatic carbocycles. The maximum atomic E-state index is 13.0. The molecule has 1 aliphatic rings. The second-order valence-corrected chi connectivity index (χ2v) is 8.95. The SMILES string of the molecule is CC(OC(=O)c1c2c(nc3ccccc13)CCC2)C(=O)Nc1ccc(S(N)(=O)=O)cc1. The third-order valence-corrected chi connectivity index (χ3v) is 6.16. The molecule has 4 rings (SSSR count). The van der Waals surface area contributed by atoms with E-state index in [1.165, 1.54) is 31.2 Å². The number of carbonyl (C=O) groups is 2. The Morgan fingerprint density at radius 1 is 1.10 bits per heavy atom. The van der Waals surface area contributed by atoms with Gasteiger partial charge in [0, 0.05) is 16.8 Å². The summed E-state index contributed by atoms with van der Waals surface area (Å²) in [5.41, 5.74) is 3.33. The molecule has 3 aromatic rings. The summed E-state index contributed by atoms with van der Waals surface area (Å²) in [5, 5.41) is 8.38. The average Bonchev–Trinajstić information content (AvgIpc) is 3.19. The zero-order chi connectivity index (χ0) is 22.2. The van der Waals surface area contributed by atoms with Crippen molar-refractivity contribution in [2.75, 3.05) is 5.32 Å². The summed E-state index contributed by atoms with van der Waals surface area (Å²) < 4.78 is 28.2. The Hall–Kier alpha value is -3.30. The molecule has 0 spiro atoms. The van der Waals surface area contributed by atoms with E-state index >= 15 is 0 Å². The van der Waals surface area contributed by atoms with Gasteiger partial charge in [-0.25, -0.2) is 18.4 Å². The van der Waals surface area contributed by atoms with Crippen molar-refractivity contribution in [1.82, 2.24) is 4.98 Å². The number of amides is 1. The van der Waals surface area contributed by atoms with Crippen LogP contribution in [-0.2, 0) is 32.4 Å². The number of fused-ring (bicyclic) bond motifs is 2. The third-order valence-electron chi connectivity index (χ3n) is 5.23. The van der Waals surface area contributed by atoms with Crippen molar-refractivity contribution in [1.29, 1.82) is 0 Å². The summed E-state index contributed by atoms with van der Waals surface area (Å²) >= 11 is 0. The maximum absolute atomic E-state index is 13.0. The number of benzene rings is 2. The Labute approximate surface area is 179 Å². The number of nitrogens with two attached hydrogens (primary N) is 1. The molecule has 1 aliphatic carbocycles. The largest absolute Gasteiger partial charge is 0.449 e. The van der Waals surface area contributed by atoms with Crippen molar-refractivity contribution in [2.45, 2.75) is 37.2 Å². The molecule has 1 unspecified atom stereocenters. The number of nitrogens with one attached hydrogen (secondary N) is 1. The fraction of sp³-hybridized carbons (Fsp3) is 0.227. The van der Waals surface area contributed by atoms with Crippen molar-refractivity contribution in [3.8, 4) is 0 Å². The van der Waals surface area contributed by atoms with E-state index in [9.17, 15) is 18.0 Å². The number of pyridine rings is 1. The number of aryl methyl sites for hydroxylation is 1. The van der Waals surface area contributed by atoms with Crippen LogP contribution in [0.5, 0.6) is 0 Å². The van der Waals surface area contributed by atoms with Crippen LogP contribution in [0.1, 0.15) is 35.0 Å². The average molecular weight is 439 g/mol. The predicted molar refractivity (Wildman–Crippen MR) is 115 cm³/mol. The Bertz CT molecular complexity index is 1290. The zero-order valence-electron chi connectivity index (χ0n) is 16.8. The van der Waals surface area contributed by atoms with Gasteiger partial charge in [-0.15, -0.1) is 0 Å². The number of anilines is 1. The molecule has 1 atom stereocenters. The van der Waals surface area contributed by atoms with Crippen molar-refractivity contribution < 1.29 is 22.7 Å². The van der Waals surface area contributed by atoms with Crippen LogP contribution >= 0.6 is 0 Å². The van der Waals surface area contributed by atoms with E-state index in [0.29, 0.717) is 16.6 Å². The Morgan fingerprint density at radius 2 is 1.81 bits per heavy atom. The van der Waals surface area contributed by atoms with Crippen LogP contribution in [-0.4, -0.2) is 31.4 Å². The first-order valence-corrected chi connectivity index (χ1v) is 11.3. The van der Waals surface area contributed by atoms with Gasteiger partial charge in [0.05, 0.1) is 16.0 Å². The number of para-hydroxylation sites is 1. The lowest BCUT2D eigenvalue weighted by molar-refractivity contribution is -0.123. The van der Waals surface area contributed by atoms with Gasteiger partial charge in [-0.1, -0.05) is 18.2 Å². The molecule has 0 aliphatic heterocycles. The van der Waals surface area contributed by atoms with Crippen molar-refractivity contribution in [2.24, 2.45) is 5.14 Å². The normalized spacial score (nSPS) is 14.1. The molecule has 9 heteroatoms. The molecule has 3 N–H and O–H groups in total. The molecule has 31 heavy (non-hydrogen) atoms. The second-order valence-electron chi connectivity index (χ2n) is 7.39. The lowest BCUT2D eigenvalue weighted by Crippen LogP contribution is -2.30. The van der Waals surface area contributed by atoms with E-state index in [-0.39, 0.29) is 4.90 Å². The highest BCUT2D eigenvalue weighted by Crippen LogP contribution is 2.30. The van der Waals surface area contributed by atoms with Gasteiger partial charge >= 0.3 is 5.97 Å². The number of nitrogens with zero attached hydrogens (tertiary/aromatic N) is 1. The number of aromatic nitrogens is 1. The van der Waals surface area contributed by atoms with Crippen LogP contribution in [0.15, 0.2) is 53.4 Å². The van der Waals surface area contributed by atoms with E-state index in [0.717, 1.165) is 36.0 Å².